The van der Waals surface area contributed by atoms with E-state index in [-0.39, 0.29) is 0 Å². The monoisotopic (exact) mass is 252 g/mol. The second-order valence-electron chi connectivity index (χ2n) is 5.00. The van der Waals surface area contributed by atoms with Gasteiger partial charge in [-0.05, 0) is 42.9 Å². The van der Waals surface area contributed by atoms with Gasteiger partial charge in [0.05, 0.1) is 0 Å². The van der Waals surface area contributed by atoms with Crippen molar-refractivity contribution in [2.45, 2.75) is 44.6 Å². The standard InChI is InChI=1S/C14H21ClN2/c15-13-8-6-11(7-9-13)10-14(17-16)12-4-2-1-3-5-12/h6-9,12,14,17H,1-5,10,16H2. The van der Waals surface area contributed by atoms with Crippen molar-refractivity contribution in [3.63, 3.8) is 0 Å². The summed E-state index contributed by atoms with van der Waals surface area (Å²) >= 11 is 5.89. The first-order valence-corrected chi connectivity index (χ1v) is 6.88. The first kappa shape index (κ1) is 12.9. The molecule has 0 aromatic heterocycles. The van der Waals surface area contributed by atoms with Crippen molar-refractivity contribution in [1.29, 1.82) is 0 Å². The third-order valence-corrected chi connectivity index (χ3v) is 4.05. The Balaban J connectivity index is 1.96. The lowest BCUT2D eigenvalue weighted by Crippen LogP contribution is -2.43. The molecular formula is C14H21ClN2. The highest BCUT2D eigenvalue weighted by Gasteiger charge is 2.22. The molecule has 0 aliphatic heterocycles. The van der Waals surface area contributed by atoms with Gasteiger partial charge in [0.25, 0.3) is 0 Å². The van der Waals surface area contributed by atoms with E-state index in [1.165, 1.54) is 37.7 Å². The highest BCUT2D eigenvalue weighted by Crippen LogP contribution is 2.27. The number of benzene rings is 1. The van der Waals surface area contributed by atoms with Gasteiger partial charge in [-0.1, -0.05) is 43.0 Å². The molecule has 1 saturated carbocycles. The molecule has 0 radical (unpaired) electrons. The van der Waals surface area contributed by atoms with Gasteiger partial charge in [-0.15, -0.1) is 0 Å². The van der Waals surface area contributed by atoms with Gasteiger partial charge in [-0.2, -0.15) is 0 Å². The molecule has 1 aromatic rings. The lowest BCUT2D eigenvalue weighted by molar-refractivity contribution is 0.268. The van der Waals surface area contributed by atoms with Crippen LogP contribution in [0.25, 0.3) is 0 Å². The van der Waals surface area contributed by atoms with E-state index in [0.717, 1.165) is 17.4 Å². The molecule has 0 amide bonds. The van der Waals surface area contributed by atoms with E-state index in [4.69, 9.17) is 17.4 Å². The van der Waals surface area contributed by atoms with Crippen LogP contribution in [0, 0.1) is 5.92 Å². The fourth-order valence-electron chi connectivity index (χ4n) is 2.77. The van der Waals surface area contributed by atoms with Crippen LogP contribution in [-0.2, 0) is 6.42 Å². The maximum Gasteiger partial charge on any atom is 0.0406 e. The number of halogens is 1. The van der Waals surface area contributed by atoms with Crippen LogP contribution in [-0.4, -0.2) is 6.04 Å². The number of hydrogen-bond acceptors (Lipinski definition) is 2. The van der Waals surface area contributed by atoms with Crippen LogP contribution < -0.4 is 11.3 Å². The quantitative estimate of drug-likeness (QED) is 0.638. The van der Waals surface area contributed by atoms with E-state index in [1.54, 1.807) is 0 Å². The molecule has 0 spiro atoms. The summed E-state index contributed by atoms with van der Waals surface area (Å²) in [6.45, 7) is 0. The van der Waals surface area contributed by atoms with Crippen molar-refractivity contribution in [3.05, 3.63) is 34.9 Å². The first-order chi connectivity index (χ1) is 8.29. The Hall–Kier alpha value is -0.570. The molecule has 2 nitrogen and oxygen atoms in total. The lowest BCUT2D eigenvalue weighted by atomic mass is 9.82. The summed E-state index contributed by atoms with van der Waals surface area (Å²) in [6.07, 6.45) is 7.70. The van der Waals surface area contributed by atoms with Gasteiger partial charge in [-0.3, -0.25) is 11.3 Å². The Morgan fingerprint density at radius 1 is 1.18 bits per heavy atom. The van der Waals surface area contributed by atoms with Gasteiger partial charge < -0.3 is 0 Å². The predicted octanol–water partition coefficient (Wildman–Crippen LogP) is 3.29. The third-order valence-electron chi connectivity index (χ3n) is 3.80. The van der Waals surface area contributed by atoms with E-state index in [0.29, 0.717) is 6.04 Å². The van der Waals surface area contributed by atoms with E-state index in [9.17, 15) is 0 Å². The van der Waals surface area contributed by atoms with Gasteiger partial charge in [0.15, 0.2) is 0 Å². The van der Waals surface area contributed by atoms with E-state index in [1.807, 2.05) is 12.1 Å². The van der Waals surface area contributed by atoms with E-state index >= 15 is 0 Å². The molecule has 0 heterocycles. The van der Waals surface area contributed by atoms with E-state index in [2.05, 4.69) is 17.6 Å². The molecule has 0 saturated heterocycles. The Morgan fingerprint density at radius 3 is 2.41 bits per heavy atom. The molecule has 1 fully saturated rings. The summed E-state index contributed by atoms with van der Waals surface area (Å²) in [6, 6.07) is 8.48. The molecule has 1 aromatic carbocycles. The third kappa shape index (κ3) is 3.70. The van der Waals surface area contributed by atoms with Crippen molar-refractivity contribution in [3.8, 4) is 0 Å². The van der Waals surface area contributed by atoms with Gasteiger partial charge in [0, 0.05) is 11.1 Å². The largest absolute Gasteiger partial charge is 0.271 e. The minimum atomic E-state index is 0.400. The summed E-state index contributed by atoms with van der Waals surface area (Å²) in [7, 11) is 0. The number of hydrogen-bond donors (Lipinski definition) is 2. The zero-order valence-corrected chi connectivity index (χ0v) is 10.9. The minimum Gasteiger partial charge on any atom is -0.271 e. The number of hydrazine groups is 1. The summed E-state index contributed by atoms with van der Waals surface area (Å²) in [5.41, 5.74) is 4.31. The second-order valence-corrected chi connectivity index (χ2v) is 5.44. The molecule has 1 unspecified atom stereocenters. The predicted molar refractivity (Wildman–Crippen MR) is 72.8 cm³/mol. The Morgan fingerprint density at radius 2 is 1.82 bits per heavy atom. The molecule has 0 bridgehead atoms. The van der Waals surface area contributed by atoms with Gasteiger partial charge in [0.1, 0.15) is 0 Å². The first-order valence-electron chi connectivity index (χ1n) is 6.50. The van der Waals surface area contributed by atoms with Crippen molar-refractivity contribution in [2.24, 2.45) is 11.8 Å². The Labute approximate surface area is 109 Å². The zero-order chi connectivity index (χ0) is 12.1. The van der Waals surface area contributed by atoms with Crippen LogP contribution in [0.1, 0.15) is 37.7 Å². The van der Waals surface area contributed by atoms with Gasteiger partial charge in [-0.25, -0.2) is 0 Å². The average Bonchev–Trinajstić information content (AvgIpc) is 2.39. The summed E-state index contributed by atoms with van der Waals surface area (Å²) in [5.74, 6) is 6.43. The SMILES string of the molecule is NNC(Cc1ccc(Cl)cc1)C1CCCCC1. The van der Waals surface area contributed by atoms with E-state index < -0.39 is 0 Å². The highest BCUT2D eigenvalue weighted by atomic mass is 35.5. The molecule has 17 heavy (non-hydrogen) atoms. The number of nitrogens with two attached hydrogens (primary N) is 1. The Kier molecular flexibility index (Phi) is 4.84. The molecule has 2 rings (SSSR count). The van der Waals surface area contributed by atoms with Gasteiger partial charge in [0.2, 0.25) is 0 Å². The molecule has 1 atom stereocenters. The smallest absolute Gasteiger partial charge is 0.0406 e. The lowest BCUT2D eigenvalue weighted by Gasteiger charge is -2.29. The summed E-state index contributed by atoms with van der Waals surface area (Å²) < 4.78 is 0. The van der Waals surface area contributed by atoms with Crippen LogP contribution in [0.4, 0.5) is 0 Å². The minimum absolute atomic E-state index is 0.400. The van der Waals surface area contributed by atoms with Crippen molar-refractivity contribution in [2.75, 3.05) is 0 Å². The van der Waals surface area contributed by atoms with Crippen LogP contribution >= 0.6 is 11.6 Å². The van der Waals surface area contributed by atoms with Crippen LogP contribution in [0.5, 0.6) is 0 Å². The topological polar surface area (TPSA) is 38.0 Å². The fourth-order valence-corrected chi connectivity index (χ4v) is 2.90. The second kappa shape index (κ2) is 6.39. The molecular weight excluding hydrogens is 232 g/mol. The molecule has 3 heteroatoms. The Bertz CT molecular complexity index is 331. The molecule has 94 valence electrons. The highest BCUT2D eigenvalue weighted by molar-refractivity contribution is 6.30. The normalized spacial score (nSPS) is 19.2. The van der Waals surface area contributed by atoms with Gasteiger partial charge >= 0.3 is 0 Å². The molecule has 3 N–H and O–H groups in total. The van der Waals surface area contributed by atoms with Crippen molar-refractivity contribution in [1.82, 2.24) is 5.43 Å². The number of nitrogens with one attached hydrogen (secondary N) is 1. The van der Waals surface area contributed by atoms with Crippen LogP contribution in [0.15, 0.2) is 24.3 Å². The van der Waals surface area contributed by atoms with Crippen LogP contribution in [0.3, 0.4) is 0 Å². The number of rotatable bonds is 4. The summed E-state index contributed by atoms with van der Waals surface area (Å²) in [5, 5.41) is 0.795. The molecule has 1 aliphatic carbocycles. The fraction of sp³-hybridized carbons (Fsp3) is 0.571. The summed E-state index contributed by atoms with van der Waals surface area (Å²) in [4.78, 5) is 0. The van der Waals surface area contributed by atoms with Crippen LogP contribution in [0.2, 0.25) is 5.02 Å². The maximum atomic E-state index is 5.89. The van der Waals surface area contributed by atoms with Crippen molar-refractivity contribution >= 4 is 11.6 Å². The molecule has 1 aliphatic rings. The maximum absolute atomic E-state index is 5.89. The average molecular weight is 253 g/mol. The van der Waals surface area contributed by atoms with Crippen molar-refractivity contribution < 1.29 is 0 Å². The zero-order valence-electron chi connectivity index (χ0n) is 10.2.